The van der Waals surface area contributed by atoms with Crippen LogP contribution < -0.4 is 5.32 Å². The standard InChI is InChI=1S/C18H18Cl2N4O3/c1-10-14(17(25)27-8-11-4-3-7-26-11)16(24-18(23-10)21-9-22-24)12-5-2-6-13(19)15(12)20/h2,5-6,9,11,16H,3-4,7-8H2,1H3,(H,21,22,23). The third-order valence-electron chi connectivity index (χ3n) is 4.71. The van der Waals surface area contributed by atoms with Crippen molar-refractivity contribution in [2.24, 2.45) is 0 Å². The highest BCUT2D eigenvalue weighted by atomic mass is 35.5. The number of carbonyl (C=O) groups is 1. The Morgan fingerprint density at radius 1 is 1.44 bits per heavy atom. The van der Waals surface area contributed by atoms with Crippen molar-refractivity contribution in [1.29, 1.82) is 0 Å². The number of ether oxygens (including phenoxy) is 2. The van der Waals surface area contributed by atoms with E-state index in [1.807, 2.05) is 6.07 Å². The van der Waals surface area contributed by atoms with Gasteiger partial charge in [-0.25, -0.2) is 9.48 Å². The topological polar surface area (TPSA) is 78.3 Å². The van der Waals surface area contributed by atoms with Crippen LogP contribution in [0.3, 0.4) is 0 Å². The van der Waals surface area contributed by atoms with Crippen LogP contribution in [0, 0.1) is 0 Å². The molecule has 2 aromatic rings. The maximum absolute atomic E-state index is 13.0. The fourth-order valence-electron chi connectivity index (χ4n) is 3.40. The molecule has 2 unspecified atom stereocenters. The molecule has 142 valence electrons. The lowest BCUT2D eigenvalue weighted by molar-refractivity contribution is -0.142. The number of benzene rings is 1. The van der Waals surface area contributed by atoms with E-state index in [0.29, 0.717) is 39.4 Å². The van der Waals surface area contributed by atoms with E-state index in [9.17, 15) is 4.79 Å². The molecule has 0 radical (unpaired) electrons. The van der Waals surface area contributed by atoms with E-state index in [2.05, 4.69) is 15.4 Å². The van der Waals surface area contributed by atoms with E-state index in [1.165, 1.54) is 6.33 Å². The Labute approximate surface area is 166 Å². The van der Waals surface area contributed by atoms with Crippen LogP contribution in [-0.4, -0.2) is 40.1 Å². The zero-order valence-electron chi connectivity index (χ0n) is 14.6. The number of aromatic nitrogens is 3. The van der Waals surface area contributed by atoms with E-state index in [4.69, 9.17) is 32.7 Å². The van der Waals surface area contributed by atoms with Crippen molar-refractivity contribution in [2.75, 3.05) is 18.5 Å². The van der Waals surface area contributed by atoms with Crippen LogP contribution in [0.15, 0.2) is 35.8 Å². The van der Waals surface area contributed by atoms with E-state index in [0.717, 1.165) is 12.8 Å². The summed E-state index contributed by atoms with van der Waals surface area (Å²) in [6, 6.07) is 4.71. The summed E-state index contributed by atoms with van der Waals surface area (Å²) in [6.07, 6.45) is 3.23. The van der Waals surface area contributed by atoms with E-state index < -0.39 is 12.0 Å². The van der Waals surface area contributed by atoms with Crippen LogP contribution in [0.2, 0.25) is 10.0 Å². The summed E-state index contributed by atoms with van der Waals surface area (Å²) >= 11 is 12.7. The second kappa shape index (κ2) is 7.50. The van der Waals surface area contributed by atoms with Crippen LogP contribution in [-0.2, 0) is 14.3 Å². The van der Waals surface area contributed by atoms with Crippen LogP contribution >= 0.6 is 23.2 Å². The van der Waals surface area contributed by atoms with E-state index >= 15 is 0 Å². The second-order valence-corrected chi connectivity index (χ2v) is 7.26. The summed E-state index contributed by atoms with van der Waals surface area (Å²) < 4.78 is 12.7. The summed E-state index contributed by atoms with van der Waals surface area (Å²) in [5, 5.41) is 8.13. The van der Waals surface area contributed by atoms with Crippen LogP contribution in [0.25, 0.3) is 0 Å². The highest BCUT2D eigenvalue weighted by Gasteiger charge is 2.36. The predicted molar refractivity (Wildman–Crippen MR) is 101 cm³/mol. The van der Waals surface area contributed by atoms with Gasteiger partial charge in [-0.05, 0) is 25.8 Å². The van der Waals surface area contributed by atoms with Gasteiger partial charge in [0.05, 0.1) is 21.7 Å². The summed E-state index contributed by atoms with van der Waals surface area (Å²) in [6.45, 7) is 2.72. The molecular formula is C18H18Cl2N4O3. The lowest BCUT2D eigenvalue weighted by Gasteiger charge is -2.29. The van der Waals surface area contributed by atoms with Gasteiger partial charge in [0.1, 0.15) is 19.0 Å². The van der Waals surface area contributed by atoms with Gasteiger partial charge in [0.25, 0.3) is 0 Å². The Bertz CT molecular complexity index is 906. The number of halogens is 2. The Morgan fingerprint density at radius 2 is 2.30 bits per heavy atom. The number of nitrogens with zero attached hydrogens (tertiary/aromatic N) is 3. The van der Waals surface area contributed by atoms with Crippen molar-refractivity contribution in [3.63, 3.8) is 0 Å². The summed E-state index contributed by atoms with van der Waals surface area (Å²) in [5.41, 5.74) is 1.70. The molecule has 1 aromatic carbocycles. The zero-order chi connectivity index (χ0) is 19.0. The van der Waals surface area contributed by atoms with Crippen molar-refractivity contribution < 1.29 is 14.3 Å². The number of esters is 1. The molecule has 9 heteroatoms. The molecule has 0 saturated carbocycles. The average Bonchev–Trinajstić information content (AvgIpc) is 3.32. The van der Waals surface area contributed by atoms with Gasteiger partial charge in [0.15, 0.2) is 0 Å². The van der Waals surface area contributed by atoms with E-state index in [-0.39, 0.29) is 12.7 Å². The molecule has 0 amide bonds. The molecule has 0 bridgehead atoms. The molecule has 1 saturated heterocycles. The number of nitrogens with one attached hydrogen (secondary N) is 1. The molecule has 0 spiro atoms. The van der Waals surface area contributed by atoms with Gasteiger partial charge in [-0.3, -0.25) is 0 Å². The van der Waals surface area contributed by atoms with Crippen LogP contribution in [0.1, 0.15) is 31.4 Å². The quantitative estimate of drug-likeness (QED) is 0.778. The zero-order valence-corrected chi connectivity index (χ0v) is 16.1. The molecule has 27 heavy (non-hydrogen) atoms. The summed E-state index contributed by atoms with van der Waals surface area (Å²) in [4.78, 5) is 17.2. The second-order valence-electron chi connectivity index (χ2n) is 6.47. The highest BCUT2D eigenvalue weighted by Crippen LogP contribution is 2.40. The maximum Gasteiger partial charge on any atom is 0.338 e. The number of anilines is 1. The lowest BCUT2D eigenvalue weighted by atomic mass is 9.95. The molecule has 2 aliphatic rings. The smallest absolute Gasteiger partial charge is 0.338 e. The minimum atomic E-state index is -0.591. The van der Waals surface area contributed by atoms with E-state index in [1.54, 1.807) is 23.7 Å². The van der Waals surface area contributed by atoms with Crippen molar-refractivity contribution in [3.8, 4) is 0 Å². The molecule has 3 heterocycles. The Balaban J connectivity index is 1.70. The van der Waals surface area contributed by atoms with Gasteiger partial charge in [-0.15, -0.1) is 0 Å². The largest absolute Gasteiger partial charge is 0.459 e. The molecule has 2 atom stereocenters. The molecule has 7 nitrogen and oxygen atoms in total. The van der Waals surface area contributed by atoms with Gasteiger partial charge >= 0.3 is 5.97 Å². The Morgan fingerprint density at radius 3 is 3.07 bits per heavy atom. The van der Waals surface area contributed by atoms with Crippen LogP contribution in [0.5, 0.6) is 0 Å². The number of fused-ring (bicyclic) bond motifs is 1. The normalized spacial score (nSPS) is 21.7. The molecule has 1 fully saturated rings. The number of rotatable bonds is 4. The molecular weight excluding hydrogens is 391 g/mol. The predicted octanol–water partition coefficient (Wildman–Crippen LogP) is 3.60. The SMILES string of the molecule is CC1=C(C(=O)OCC2CCCO2)C(c2cccc(Cl)c2Cl)n2ncnc2N1. The van der Waals surface area contributed by atoms with Crippen molar-refractivity contribution in [1.82, 2.24) is 14.8 Å². The molecule has 1 N–H and O–H groups in total. The first kappa shape index (κ1) is 18.3. The Kier molecular flexibility index (Phi) is 5.08. The van der Waals surface area contributed by atoms with Gasteiger partial charge in [0.2, 0.25) is 5.95 Å². The lowest BCUT2D eigenvalue weighted by Crippen LogP contribution is -2.31. The minimum Gasteiger partial charge on any atom is -0.459 e. The van der Waals surface area contributed by atoms with Crippen molar-refractivity contribution in [3.05, 3.63) is 51.4 Å². The summed E-state index contributed by atoms with van der Waals surface area (Å²) in [7, 11) is 0. The van der Waals surface area contributed by atoms with Gasteiger partial charge in [0, 0.05) is 17.9 Å². The fraction of sp³-hybridized carbons (Fsp3) is 0.389. The molecule has 1 aromatic heterocycles. The Hall–Kier alpha value is -2.09. The molecule has 2 aliphatic heterocycles. The van der Waals surface area contributed by atoms with Crippen molar-refractivity contribution in [2.45, 2.75) is 31.9 Å². The average molecular weight is 409 g/mol. The van der Waals surface area contributed by atoms with Crippen molar-refractivity contribution >= 4 is 35.1 Å². The third kappa shape index (κ3) is 3.42. The fourth-order valence-corrected chi connectivity index (χ4v) is 3.81. The molecule has 0 aliphatic carbocycles. The third-order valence-corrected chi connectivity index (χ3v) is 5.55. The summed E-state index contributed by atoms with van der Waals surface area (Å²) in [5.74, 6) is 0.0712. The van der Waals surface area contributed by atoms with Crippen LogP contribution in [0.4, 0.5) is 5.95 Å². The minimum absolute atomic E-state index is 0.0541. The number of allylic oxidation sites excluding steroid dienone is 1. The number of hydrogen-bond donors (Lipinski definition) is 1. The monoisotopic (exact) mass is 408 g/mol. The van der Waals surface area contributed by atoms with Gasteiger partial charge in [-0.1, -0.05) is 35.3 Å². The first-order chi connectivity index (χ1) is 13.1. The first-order valence-corrected chi connectivity index (χ1v) is 9.41. The highest BCUT2D eigenvalue weighted by molar-refractivity contribution is 6.42. The molecule has 4 rings (SSSR count). The number of hydrogen-bond acceptors (Lipinski definition) is 6. The van der Waals surface area contributed by atoms with Gasteiger partial charge < -0.3 is 14.8 Å². The maximum atomic E-state index is 13.0. The first-order valence-electron chi connectivity index (χ1n) is 8.66. The number of carbonyl (C=O) groups excluding carboxylic acids is 1. The van der Waals surface area contributed by atoms with Gasteiger partial charge in [-0.2, -0.15) is 10.1 Å².